The lowest BCUT2D eigenvalue weighted by Crippen LogP contribution is -2.73. The number of para-hydroxylation sites is 2. The zero-order valence-electron chi connectivity index (χ0n) is 43.3. The van der Waals surface area contributed by atoms with Crippen molar-refractivity contribution in [3.8, 4) is 22.3 Å². The second-order valence-corrected chi connectivity index (χ2v) is 28.4. The molecule has 75 heavy (non-hydrogen) atoms. The molecule has 366 valence electrons. The summed E-state index contributed by atoms with van der Waals surface area (Å²) in [7, 11) is 0. The minimum absolute atomic E-state index is 0.0468. The second-order valence-electron chi connectivity index (χ2n) is 28.4. The molecule has 7 aromatic rings. The smallest absolute Gasteiger partial charge is 0.252 e. The van der Waals surface area contributed by atoms with E-state index in [0.29, 0.717) is 35.5 Å². The van der Waals surface area contributed by atoms with Gasteiger partial charge in [-0.15, -0.1) is 0 Å². The second kappa shape index (κ2) is 13.3. The highest BCUT2D eigenvalue weighted by molar-refractivity contribution is 7.01. The highest BCUT2D eigenvalue weighted by Gasteiger charge is 2.69. The van der Waals surface area contributed by atoms with Crippen LogP contribution >= 0.6 is 0 Å². The van der Waals surface area contributed by atoms with Gasteiger partial charge in [-0.3, -0.25) is 0 Å². The van der Waals surface area contributed by atoms with Crippen LogP contribution in [0.15, 0.2) is 140 Å². The van der Waals surface area contributed by atoms with E-state index >= 15 is 0 Å². The van der Waals surface area contributed by atoms with Crippen LogP contribution in [0.2, 0.25) is 0 Å². The Hall–Kier alpha value is -5.80. The van der Waals surface area contributed by atoms with Crippen LogP contribution < -0.4 is 26.2 Å². The Kier molecular flexibility index (Phi) is 7.17. The molecule has 12 fully saturated rings. The molecular weight excluding hydrogens is 904 g/mol. The summed E-state index contributed by atoms with van der Waals surface area (Å²) in [4.78, 5) is 5.94. The molecule has 12 saturated carbocycles. The molecule has 12 aliphatic carbocycles. The number of nitrogens with zero attached hydrogens (tertiary/aromatic N) is 2. The predicted molar refractivity (Wildman–Crippen MR) is 305 cm³/mol. The first kappa shape index (κ1) is 40.5. The quantitative estimate of drug-likeness (QED) is 0.159. The van der Waals surface area contributed by atoms with Crippen molar-refractivity contribution in [3.63, 3.8) is 0 Å². The number of hydrogen-bond acceptors (Lipinski definition) is 2. The van der Waals surface area contributed by atoms with E-state index in [0.717, 1.165) is 35.5 Å². The monoisotopic (exact) mass is 969 g/mol. The Morgan fingerprint density at radius 2 is 0.640 bits per heavy atom. The average molecular weight is 969 g/mol. The summed E-state index contributed by atoms with van der Waals surface area (Å²) >= 11 is 0. The van der Waals surface area contributed by atoms with Gasteiger partial charge in [-0.05, 0) is 270 Å². The van der Waals surface area contributed by atoms with Gasteiger partial charge in [0.05, 0.1) is 11.4 Å². The summed E-state index contributed by atoms with van der Waals surface area (Å²) in [6.45, 7) is 0.211. The zero-order chi connectivity index (χ0) is 48.0. The van der Waals surface area contributed by atoms with E-state index in [1.807, 2.05) is 0 Å². The first-order valence-electron chi connectivity index (χ1n) is 30.5. The van der Waals surface area contributed by atoms with Crippen LogP contribution in [0.4, 0.5) is 34.1 Å². The Bertz CT molecular complexity index is 3500. The van der Waals surface area contributed by atoms with Gasteiger partial charge in [0, 0.05) is 39.0 Å². The van der Waals surface area contributed by atoms with Gasteiger partial charge in [0.2, 0.25) is 0 Å². The first-order chi connectivity index (χ1) is 37.1. The predicted octanol–water partition coefficient (Wildman–Crippen LogP) is 15.3. The fraction of sp³-hybridized carbons (Fsp3) is 0.417. The molecule has 2 nitrogen and oxygen atoms in total. The summed E-state index contributed by atoms with van der Waals surface area (Å²) in [6, 6.07) is 57.8. The van der Waals surface area contributed by atoms with Crippen molar-refractivity contribution >= 4 is 57.2 Å². The fourth-order valence-corrected chi connectivity index (χ4v) is 24.7. The van der Waals surface area contributed by atoms with Crippen molar-refractivity contribution in [3.05, 3.63) is 173 Å². The molecule has 3 spiro atoms. The van der Waals surface area contributed by atoms with Gasteiger partial charge in [0.1, 0.15) is 0 Å². The van der Waals surface area contributed by atoms with Crippen molar-refractivity contribution in [1.82, 2.24) is 0 Å². The molecule has 0 saturated heterocycles. The lowest BCUT2D eigenvalue weighted by molar-refractivity contribution is -0.0435. The molecular formula is C72H65BN2. The van der Waals surface area contributed by atoms with Gasteiger partial charge >= 0.3 is 0 Å². The first-order valence-corrected chi connectivity index (χ1v) is 30.5. The van der Waals surface area contributed by atoms with Crippen molar-refractivity contribution in [2.75, 3.05) is 9.80 Å². The Labute approximate surface area is 443 Å². The molecule has 12 bridgehead atoms. The number of rotatable bonds is 2. The zero-order valence-corrected chi connectivity index (χ0v) is 43.3. The number of hydrogen-bond donors (Lipinski definition) is 0. The minimum Gasteiger partial charge on any atom is -0.311 e. The fourth-order valence-electron chi connectivity index (χ4n) is 24.7. The van der Waals surface area contributed by atoms with E-state index in [2.05, 4.69) is 149 Å². The normalized spacial score (nSPS) is 38.2. The average Bonchev–Trinajstić information content (AvgIpc) is 3.45. The SMILES string of the molecule is c1ccc(-c2cccc(-c3cc4c5c(c3)N3c6ccccc6C6(c7ccc8c(c73)B5c3c(ccc5c3N4c3ccccc3C53C4CC5CC(C4)CC3C5)C83C4CC5CC(C4)CC3C5)C3CC4CC(C3)CC6C4)c2)cc1. The molecule has 0 unspecified atom stereocenters. The van der Waals surface area contributed by atoms with Gasteiger partial charge in [0.15, 0.2) is 0 Å². The van der Waals surface area contributed by atoms with Crippen molar-refractivity contribution in [2.45, 2.75) is 113 Å². The lowest BCUT2D eigenvalue weighted by Gasteiger charge is -2.68. The standard InChI is InChI=1S/C72H65BN2/c1-2-9-45(10-3-1)46-11-8-12-47(36-46)48-37-63-67-64(38-48)75-62-16-7-5-14-56(62)71(51-28-41-22-42(30-51)31-52(71)29-41)60-20-18-58-66(69(60)75)73(67)65-57(72(58)53-32-43-23-44(34-53)35-54(72)33-43)17-19-59-68(65)74(63)61-15-6-4-13-55(61)70(59)49-24-39-21-40(26-49)27-50(70)25-39/h1-20,36-44,49-54H,21-35H2. The molecule has 0 aromatic heterocycles. The van der Waals surface area contributed by atoms with Gasteiger partial charge in [0.25, 0.3) is 6.71 Å². The van der Waals surface area contributed by atoms with Gasteiger partial charge in [-0.25, -0.2) is 0 Å². The van der Waals surface area contributed by atoms with Crippen LogP contribution in [-0.4, -0.2) is 6.71 Å². The maximum absolute atomic E-state index is 2.97. The van der Waals surface area contributed by atoms with E-state index in [1.165, 1.54) is 141 Å². The van der Waals surface area contributed by atoms with Crippen molar-refractivity contribution in [2.24, 2.45) is 71.0 Å². The van der Waals surface area contributed by atoms with E-state index in [4.69, 9.17) is 0 Å². The van der Waals surface area contributed by atoms with Crippen LogP contribution in [0, 0.1) is 71.0 Å². The highest BCUT2D eigenvalue weighted by atomic mass is 15.2. The summed E-state index contributed by atoms with van der Waals surface area (Å²) in [5, 5.41) is 0. The van der Waals surface area contributed by atoms with Gasteiger partial charge < -0.3 is 9.80 Å². The van der Waals surface area contributed by atoms with Crippen molar-refractivity contribution in [1.29, 1.82) is 0 Å². The van der Waals surface area contributed by atoms with Crippen LogP contribution in [-0.2, 0) is 16.2 Å². The Morgan fingerprint density at radius 1 is 0.280 bits per heavy atom. The van der Waals surface area contributed by atoms with Gasteiger partial charge in [-0.2, -0.15) is 0 Å². The van der Waals surface area contributed by atoms with Crippen LogP contribution in [0.1, 0.15) is 130 Å². The summed E-state index contributed by atoms with van der Waals surface area (Å²) in [5.74, 6) is 9.72. The third-order valence-electron chi connectivity index (χ3n) is 25.9. The Balaban J connectivity index is 0.927. The molecule has 0 atom stereocenters. The maximum atomic E-state index is 2.97. The molecule has 17 aliphatic rings. The van der Waals surface area contributed by atoms with E-state index in [1.54, 1.807) is 61.1 Å². The summed E-state index contributed by atoms with van der Waals surface area (Å²) in [6.07, 6.45) is 21.5. The molecule has 5 aliphatic heterocycles. The lowest BCUT2D eigenvalue weighted by atomic mass is 9.24. The summed E-state index contributed by atoms with van der Waals surface area (Å²) < 4.78 is 0. The van der Waals surface area contributed by atoms with E-state index in [-0.39, 0.29) is 23.0 Å². The number of anilines is 6. The van der Waals surface area contributed by atoms with Gasteiger partial charge in [-0.1, -0.05) is 109 Å². The molecule has 7 aromatic carbocycles. The molecule has 0 radical (unpaired) electrons. The largest absolute Gasteiger partial charge is 0.311 e. The molecule has 24 rings (SSSR count). The van der Waals surface area contributed by atoms with E-state index < -0.39 is 0 Å². The Morgan fingerprint density at radius 3 is 1.08 bits per heavy atom. The number of fused-ring (bicyclic) bond motifs is 6. The third-order valence-corrected chi connectivity index (χ3v) is 25.9. The maximum Gasteiger partial charge on any atom is 0.252 e. The molecule has 0 amide bonds. The van der Waals surface area contributed by atoms with E-state index in [9.17, 15) is 0 Å². The molecule has 5 heterocycles. The topological polar surface area (TPSA) is 6.48 Å². The highest BCUT2D eigenvalue weighted by Crippen LogP contribution is 2.75. The van der Waals surface area contributed by atoms with Crippen LogP contribution in [0.3, 0.4) is 0 Å². The molecule has 0 N–H and O–H groups in total. The third kappa shape index (κ3) is 4.42. The summed E-state index contributed by atoms with van der Waals surface area (Å²) in [5.41, 5.74) is 30.1. The number of benzene rings is 7. The minimum atomic E-state index is 0.0468. The van der Waals surface area contributed by atoms with Crippen molar-refractivity contribution < 1.29 is 0 Å². The molecule has 3 heteroatoms. The van der Waals surface area contributed by atoms with Crippen LogP contribution in [0.5, 0.6) is 0 Å². The van der Waals surface area contributed by atoms with Crippen LogP contribution in [0.25, 0.3) is 22.3 Å².